The second-order valence-electron chi connectivity index (χ2n) is 10.9. The third kappa shape index (κ3) is 3.27. The highest BCUT2D eigenvalue weighted by molar-refractivity contribution is 6.24. The van der Waals surface area contributed by atoms with Crippen LogP contribution in [0.3, 0.4) is 0 Å². The monoisotopic (exact) mass is 553 g/mol. The summed E-state index contributed by atoms with van der Waals surface area (Å²) in [6.45, 7) is 0. The number of hydrogen-bond donors (Lipinski definition) is 2. The van der Waals surface area contributed by atoms with Crippen LogP contribution in [-0.4, -0.2) is 17.0 Å². The molecule has 3 heterocycles. The van der Waals surface area contributed by atoms with E-state index in [1.165, 1.54) is 12.4 Å². The van der Waals surface area contributed by atoms with E-state index in [4.69, 9.17) is 19.7 Å². The van der Waals surface area contributed by atoms with Gasteiger partial charge in [-0.15, -0.1) is 0 Å². The first-order chi connectivity index (χ1) is 21.2. The van der Waals surface area contributed by atoms with E-state index in [0.717, 1.165) is 82.5 Å². The number of nitrogens with zero attached hydrogens (tertiary/aromatic N) is 1. The maximum Gasteiger partial charge on any atom is 0.145 e. The molecular formula is C38H23N3O2. The van der Waals surface area contributed by atoms with Gasteiger partial charge in [0.1, 0.15) is 22.3 Å². The Morgan fingerprint density at radius 3 is 1.98 bits per heavy atom. The molecule has 0 bridgehead atoms. The van der Waals surface area contributed by atoms with E-state index in [2.05, 4.69) is 65.2 Å². The number of hydrogen-bond acceptors (Lipinski definition) is 4. The molecule has 2 N–H and O–H groups in total. The SMILES string of the molecule is N=Cc1cccc(-n2c3ccc(-c4ccc5oc6ccccc6c5c4)cc3c3c4oc5ccccc5c4ccc32)c1C=N. The zero-order valence-electron chi connectivity index (χ0n) is 22.9. The predicted octanol–water partition coefficient (Wildman–Crippen LogP) is 10.2. The Morgan fingerprint density at radius 2 is 1.19 bits per heavy atom. The average Bonchev–Trinajstić information content (AvgIpc) is 3.72. The van der Waals surface area contributed by atoms with Crippen LogP contribution in [0.4, 0.5) is 0 Å². The lowest BCUT2D eigenvalue weighted by molar-refractivity contribution is 0.669. The lowest BCUT2D eigenvalue weighted by Crippen LogP contribution is -2.02. The van der Waals surface area contributed by atoms with E-state index in [9.17, 15) is 0 Å². The van der Waals surface area contributed by atoms with Gasteiger partial charge in [-0.2, -0.15) is 0 Å². The van der Waals surface area contributed by atoms with Crippen LogP contribution < -0.4 is 0 Å². The van der Waals surface area contributed by atoms with Gasteiger partial charge in [0.2, 0.25) is 0 Å². The Kier molecular flexibility index (Phi) is 4.85. The molecule has 0 unspecified atom stereocenters. The summed E-state index contributed by atoms with van der Waals surface area (Å²) in [5.74, 6) is 0. The van der Waals surface area contributed by atoms with Crippen molar-refractivity contribution >= 4 is 78.1 Å². The van der Waals surface area contributed by atoms with Crippen LogP contribution in [0, 0.1) is 10.8 Å². The van der Waals surface area contributed by atoms with Gasteiger partial charge in [0.05, 0.1) is 22.1 Å². The quantitative estimate of drug-likeness (QED) is 0.213. The van der Waals surface area contributed by atoms with Crippen molar-refractivity contribution in [3.05, 3.63) is 126 Å². The van der Waals surface area contributed by atoms with Crippen molar-refractivity contribution in [3.63, 3.8) is 0 Å². The van der Waals surface area contributed by atoms with Gasteiger partial charge >= 0.3 is 0 Å². The van der Waals surface area contributed by atoms with E-state index < -0.39 is 0 Å². The molecule has 9 rings (SSSR count). The van der Waals surface area contributed by atoms with Crippen molar-refractivity contribution in [2.24, 2.45) is 0 Å². The Labute approximate surface area is 245 Å². The first-order valence-electron chi connectivity index (χ1n) is 14.2. The summed E-state index contributed by atoms with van der Waals surface area (Å²) in [4.78, 5) is 0. The standard InChI is InChI=1S/C38H23N3O2/c39-20-24-6-5-9-31(30(24)21-40)41-32-15-12-22(23-13-17-36-28(18-23)26-8-2-3-10-34(26)42-36)19-29(32)37-33(41)16-14-27-25-7-1-4-11-35(25)43-38(27)37/h1-21,39-40H. The molecule has 5 nitrogen and oxygen atoms in total. The molecule has 0 saturated carbocycles. The molecule has 5 heteroatoms. The number of fused-ring (bicyclic) bond motifs is 10. The molecule has 43 heavy (non-hydrogen) atoms. The molecule has 3 aromatic heterocycles. The molecule has 0 saturated heterocycles. The second-order valence-corrected chi connectivity index (χ2v) is 10.9. The normalized spacial score (nSPS) is 11.9. The molecule has 0 radical (unpaired) electrons. The zero-order chi connectivity index (χ0) is 28.7. The van der Waals surface area contributed by atoms with Crippen molar-refractivity contribution in [2.75, 3.05) is 0 Å². The summed E-state index contributed by atoms with van der Waals surface area (Å²) in [5.41, 5.74) is 9.88. The number of nitrogens with one attached hydrogen (secondary N) is 2. The van der Waals surface area contributed by atoms with E-state index in [1.807, 2.05) is 54.6 Å². The van der Waals surface area contributed by atoms with E-state index >= 15 is 0 Å². The van der Waals surface area contributed by atoms with Gasteiger partial charge in [0.25, 0.3) is 0 Å². The molecule has 0 fully saturated rings. The molecule has 6 aromatic carbocycles. The van der Waals surface area contributed by atoms with Crippen LogP contribution in [0.5, 0.6) is 0 Å². The lowest BCUT2D eigenvalue weighted by atomic mass is 10.00. The van der Waals surface area contributed by atoms with Gasteiger partial charge in [-0.05, 0) is 65.7 Å². The Balaban J connectivity index is 1.40. The van der Waals surface area contributed by atoms with Crippen molar-refractivity contribution in [1.29, 1.82) is 10.8 Å². The molecule has 0 amide bonds. The molecular weight excluding hydrogens is 530 g/mol. The smallest absolute Gasteiger partial charge is 0.145 e. The average molecular weight is 554 g/mol. The van der Waals surface area contributed by atoms with Gasteiger partial charge < -0.3 is 24.2 Å². The lowest BCUT2D eigenvalue weighted by Gasteiger charge is -2.13. The van der Waals surface area contributed by atoms with Gasteiger partial charge in [-0.3, -0.25) is 0 Å². The molecule has 0 aliphatic heterocycles. The van der Waals surface area contributed by atoms with E-state index in [1.54, 1.807) is 0 Å². The second kappa shape index (κ2) is 8.78. The highest BCUT2D eigenvalue weighted by atomic mass is 16.3. The van der Waals surface area contributed by atoms with Crippen LogP contribution in [0.25, 0.3) is 82.5 Å². The largest absolute Gasteiger partial charge is 0.456 e. The first-order valence-corrected chi connectivity index (χ1v) is 14.2. The zero-order valence-corrected chi connectivity index (χ0v) is 22.9. The summed E-state index contributed by atoms with van der Waals surface area (Å²) >= 11 is 0. The fourth-order valence-corrected chi connectivity index (χ4v) is 6.68. The first kappa shape index (κ1) is 23.7. The fraction of sp³-hybridized carbons (Fsp3) is 0. The molecule has 9 aromatic rings. The number of benzene rings is 6. The van der Waals surface area contributed by atoms with Crippen molar-refractivity contribution in [3.8, 4) is 16.8 Å². The Hall–Kier alpha value is -5.94. The summed E-state index contributed by atoms with van der Waals surface area (Å²) in [6.07, 6.45) is 2.65. The van der Waals surface area contributed by atoms with Crippen LogP contribution >= 0.6 is 0 Å². The van der Waals surface area contributed by atoms with Crippen LogP contribution in [-0.2, 0) is 0 Å². The maximum absolute atomic E-state index is 8.24. The number of furan rings is 2. The van der Waals surface area contributed by atoms with Gasteiger partial charge in [0, 0.05) is 50.5 Å². The minimum atomic E-state index is 0.697. The minimum absolute atomic E-state index is 0.697. The molecule has 0 aliphatic carbocycles. The molecule has 0 aliphatic rings. The topological polar surface area (TPSA) is 78.9 Å². The summed E-state index contributed by atoms with van der Waals surface area (Å²) < 4.78 is 14.8. The van der Waals surface area contributed by atoms with Gasteiger partial charge in [-0.25, -0.2) is 0 Å². The Morgan fingerprint density at radius 1 is 0.512 bits per heavy atom. The number of aromatic nitrogens is 1. The van der Waals surface area contributed by atoms with Crippen molar-refractivity contribution in [1.82, 2.24) is 4.57 Å². The van der Waals surface area contributed by atoms with Crippen LogP contribution in [0.1, 0.15) is 11.1 Å². The van der Waals surface area contributed by atoms with Gasteiger partial charge in [0.15, 0.2) is 0 Å². The number of rotatable bonds is 4. The van der Waals surface area contributed by atoms with Crippen molar-refractivity contribution in [2.45, 2.75) is 0 Å². The van der Waals surface area contributed by atoms with Crippen LogP contribution in [0.2, 0.25) is 0 Å². The summed E-state index contributed by atoms with van der Waals surface area (Å²) in [5, 5.41) is 22.6. The highest BCUT2D eigenvalue weighted by Gasteiger charge is 2.21. The van der Waals surface area contributed by atoms with Crippen LogP contribution in [0.15, 0.2) is 124 Å². The predicted molar refractivity (Wildman–Crippen MR) is 177 cm³/mol. The van der Waals surface area contributed by atoms with Gasteiger partial charge in [-0.1, -0.05) is 60.7 Å². The van der Waals surface area contributed by atoms with Crippen molar-refractivity contribution < 1.29 is 8.83 Å². The molecule has 0 atom stereocenters. The third-order valence-corrected chi connectivity index (χ3v) is 8.64. The maximum atomic E-state index is 8.24. The molecule has 202 valence electrons. The molecule has 0 spiro atoms. The third-order valence-electron chi connectivity index (χ3n) is 8.64. The highest BCUT2D eigenvalue weighted by Crippen LogP contribution is 2.42. The Bertz CT molecular complexity index is 2610. The fourth-order valence-electron chi connectivity index (χ4n) is 6.68. The summed E-state index contributed by atoms with van der Waals surface area (Å²) in [6, 6.07) is 39.3. The minimum Gasteiger partial charge on any atom is -0.456 e. The van der Waals surface area contributed by atoms with E-state index in [0.29, 0.717) is 11.1 Å². The van der Waals surface area contributed by atoms with E-state index in [-0.39, 0.29) is 0 Å². The summed E-state index contributed by atoms with van der Waals surface area (Å²) in [7, 11) is 0. The number of para-hydroxylation sites is 2.